The van der Waals surface area contributed by atoms with Gasteiger partial charge in [-0.25, -0.2) is 4.79 Å². The summed E-state index contributed by atoms with van der Waals surface area (Å²) in [5.41, 5.74) is 1.85. The van der Waals surface area contributed by atoms with Gasteiger partial charge in [0.1, 0.15) is 12.4 Å². The maximum Gasteiger partial charge on any atom is 0.340 e. The number of allylic oxidation sites excluding steroid dienone is 2. The van der Waals surface area contributed by atoms with Gasteiger partial charge in [0.15, 0.2) is 5.76 Å². The van der Waals surface area contributed by atoms with E-state index >= 15 is 0 Å². The number of carboxylic acids is 1. The molecule has 0 bridgehead atoms. The summed E-state index contributed by atoms with van der Waals surface area (Å²) in [6.45, 7) is 8.74. The molecule has 5 aliphatic rings. The van der Waals surface area contributed by atoms with Crippen LogP contribution in [0.3, 0.4) is 0 Å². The molecule has 3 fully saturated rings. The number of ether oxygens (including phenoxy) is 2. The number of methoxy groups -OCH3 is 1. The SMILES string of the molecule is C#C.C/C(=C1\C(=O)OCC2(C)C3=C(C(=O)C(O)=C12)C1CCC(=O)C1(C)CC3)N1CCCC1.CC(=O)O.COC. The maximum atomic E-state index is 13.5. The van der Waals surface area contributed by atoms with Crippen molar-refractivity contribution in [2.45, 2.75) is 66.2 Å². The summed E-state index contributed by atoms with van der Waals surface area (Å²) in [6.07, 6.45) is 12.6. The summed E-state index contributed by atoms with van der Waals surface area (Å²) in [5.74, 6) is -1.97. The zero-order chi connectivity index (χ0) is 29.7. The van der Waals surface area contributed by atoms with Gasteiger partial charge >= 0.3 is 5.97 Å². The summed E-state index contributed by atoms with van der Waals surface area (Å²) in [4.78, 5) is 50.1. The Hall–Kier alpha value is -3.38. The first kappa shape index (κ1) is 31.8. The number of nitrogens with zero attached hydrogens (tertiary/aromatic N) is 1. The molecule has 214 valence electrons. The molecule has 2 saturated heterocycles. The molecule has 2 N–H and O–H groups in total. The number of aliphatic carboxylic acids is 1. The molecule has 2 aliphatic heterocycles. The Labute approximate surface area is 230 Å². The molecule has 0 aromatic heterocycles. The van der Waals surface area contributed by atoms with Crippen LogP contribution in [0, 0.1) is 29.6 Å². The topological polar surface area (TPSA) is 130 Å². The van der Waals surface area contributed by atoms with Crippen LogP contribution in [0.5, 0.6) is 0 Å². The number of terminal acetylenes is 1. The second kappa shape index (κ2) is 12.6. The van der Waals surface area contributed by atoms with Crippen molar-refractivity contribution in [1.82, 2.24) is 4.90 Å². The number of likely N-dealkylation sites (tertiary alicyclic amines) is 1. The molecule has 9 nitrogen and oxygen atoms in total. The number of hydrogen-bond donors (Lipinski definition) is 2. The van der Waals surface area contributed by atoms with E-state index in [2.05, 4.69) is 22.5 Å². The maximum absolute atomic E-state index is 13.5. The van der Waals surface area contributed by atoms with Gasteiger partial charge in [-0.2, -0.15) is 0 Å². The van der Waals surface area contributed by atoms with Gasteiger partial charge in [-0.15, -0.1) is 12.8 Å². The van der Waals surface area contributed by atoms with Gasteiger partial charge in [0.25, 0.3) is 5.97 Å². The highest BCUT2D eigenvalue weighted by Crippen LogP contribution is 2.60. The van der Waals surface area contributed by atoms with E-state index in [0.717, 1.165) is 44.1 Å². The summed E-state index contributed by atoms with van der Waals surface area (Å²) in [7, 11) is 3.25. The third-order valence-corrected chi connectivity index (χ3v) is 8.44. The Kier molecular flexibility index (Phi) is 10.3. The number of aliphatic hydroxyl groups is 1. The van der Waals surface area contributed by atoms with Gasteiger partial charge in [-0.3, -0.25) is 14.4 Å². The zero-order valence-corrected chi connectivity index (χ0v) is 23.9. The third kappa shape index (κ3) is 5.67. The van der Waals surface area contributed by atoms with Crippen LogP contribution in [0.25, 0.3) is 0 Å². The largest absolute Gasteiger partial charge is 0.504 e. The van der Waals surface area contributed by atoms with E-state index in [0.29, 0.717) is 42.4 Å². The highest BCUT2D eigenvalue weighted by molar-refractivity contribution is 6.13. The normalized spacial score (nSPS) is 30.3. The van der Waals surface area contributed by atoms with Crippen molar-refractivity contribution in [3.05, 3.63) is 33.7 Å². The Bertz CT molecular complexity index is 1130. The summed E-state index contributed by atoms with van der Waals surface area (Å²) < 4.78 is 9.90. The molecule has 0 aromatic rings. The van der Waals surface area contributed by atoms with Crippen LogP contribution in [0.2, 0.25) is 0 Å². The molecular weight excluding hydrogens is 502 g/mol. The molecule has 0 aromatic carbocycles. The van der Waals surface area contributed by atoms with Crippen molar-refractivity contribution in [3.8, 4) is 12.8 Å². The second-order valence-corrected chi connectivity index (χ2v) is 10.9. The first-order chi connectivity index (χ1) is 18.3. The number of esters is 1. The minimum atomic E-state index is -0.833. The first-order valence-corrected chi connectivity index (χ1v) is 13.2. The average molecular weight is 544 g/mol. The number of carbonyl (C=O) groups excluding carboxylic acids is 3. The highest BCUT2D eigenvalue weighted by Gasteiger charge is 2.59. The van der Waals surface area contributed by atoms with Crippen molar-refractivity contribution in [2.24, 2.45) is 16.7 Å². The van der Waals surface area contributed by atoms with E-state index in [1.807, 2.05) is 20.8 Å². The van der Waals surface area contributed by atoms with Crippen molar-refractivity contribution < 1.29 is 38.9 Å². The van der Waals surface area contributed by atoms with Crippen molar-refractivity contribution in [3.63, 3.8) is 0 Å². The van der Waals surface area contributed by atoms with E-state index < -0.39 is 28.6 Å². The van der Waals surface area contributed by atoms with Crippen LogP contribution in [0.4, 0.5) is 0 Å². The van der Waals surface area contributed by atoms with Gasteiger partial charge in [-0.05, 0) is 51.5 Å². The fraction of sp³-hybridized carbons (Fsp3) is 0.600. The minimum absolute atomic E-state index is 0.117. The molecule has 2 heterocycles. The molecule has 9 heteroatoms. The molecule has 3 aliphatic carbocycles. The average Bonchev–Trinajstić information content (AvgIpc) is 3.53. The molecule has 0 radical (unpaired) electrons. The smallest absolute Gasteiger partial charge is 0.340 e. The molecule has 5 rings (SSSR count). The molecule has 3 atom stereocenters. The second-order valence-electron chi connectivity index (χ2n) is 10.9. The molecular formula is C30H41NO8. The lowest BCUT2D eigenvalue weighted by molar-refractivity contribution is -0.143. The summed E-state index contributed by atoms with van der Waals surface area (Å²) in [5, 5.41) is 18.6. The first-order valence-electron chi connectivity index (χ1n) is 13.2. The Morgan fingerprint density at radius 1 is 1.08 bits per heavy atom. The number of carbonyl (C=O) groups is 4. The van der Waals surface area contributed by atoms with Crippen LogP contribution in [-0.4, -0.2) is 72.5 Å². The standard InChI is InChI=1S/C24H29NO5.C2H4O2.C2H6O.C2H2/c1-13(25-10-4-5-11-25)17-19-21(28)20(27)18-14-6-7-16(26)23(14,2)9-8-15(18)24(19,3)12-30-22(17)29;1-2(3)4;1-3-2;1-2/h14,28H,4-12H2,1-3H3;1H3,(H,3,4);1-2H3;1-2H/b17-13+;;;. The highest BCUT2D eigenvalue weighted by atomic mass is 16.5. The number of cyclic esters (lactones) is 1. The lowest BCUT2D eigenvalue weighted by Gasteiger charge is -2.48. The third-order valence-electron chi connectivity index (χ3n) is 8.44. The quantitative estimate of drug-likeness (QED) is 0.286. The minimum Gasteiger partial charge on any atom is -0.504 e. The van der Waals surface area contributed by atoms with E-state index in [4.69, 9.17) is 14.6 Å². The zero-order valence-electron chi connectivity index (χ0n) is 23.9. The van der Waals surface area contributed by atoms with E-state index in [9.17, 15) is 19.5 Å². The van der Waals surface area contributed by atoms with Gasteiger partial charge < -0.3 is 24.6 Å². The number of fused-ring (bicyclic) bond motifs is 4. The van der Waals surface area contributed by atoms with Crippen LogP contribution >= 0.6 is 0 Å². The number of carboxylic acid groups (broad SMARTS) is 1. The number of ketones is 2. The predicted molar refractivity (Wildman–Crippen MR) is 145 cm³/mol. The number of hydrogen-bond acceptors (Lipinski definition) is 8. The summed E-state index contributed by atoms with van der Waals surface area (Å²) in [6, 6.07) is 0. The van der Waals surface area contributed by atoms with Crippen molar-refractivity contribution in [2.75, 3.05) is 33.9 Å². The monoisotopic (exact) mass is 543 g/mol. The Balaban J connectivity index is 0.000000526. The molecule has 0 amide bonds. The number of Topliss-reactive ketones (excluding diaryl/α,β-unsaturated/α-hetero) is 2. The predicted octanol–water partition coefficient (Wildman–Crippen LogP) is 3.99. The Morgan fingerprint density at radius 3 is 2.15 bits per heavy atom. The van der Waals surface area contributed by atoms with Crippen molar-refractivity contribution in [1.29, 1.82) is 0 Å². The fourth-order valence-corrected chi connectivity index (χ4v) is 6.58. The summed E-state index contributed by atoms with van der Waals surface area (Å²) >= 11 is 0. The lowest BCUT2D eigenvalue weighted by Crippen LogP contribution is -2.48. The molecule has 1 saturated carbocycles. The Morgan fingerprint density at radius 2 is 1.62 bits per heavy atom. The van der Waals surface area contributed by atoms with Crippen LogP contribution in [0.1, 0.15) is 66.2 Å². The molecule has 0 spiro atoms. The van der Waals surface area contributed by atoms with E-state index in [1.54, 1.807) is 14.2 Å². The van der Waals surface area contributed by atoms with Crippen LogP contribution in [0.15, 0.2) is 33.7 Å². The van der Waals surface area contributed by atoms with Gasteiger partial charge in [0.2, 0.25) is 5.78 Å². The van der Waals surface area contributed by atoms with Crippen LogP contribution < -0.4 is 0 Å². The molecule has 3 unspecified atom stereocenters. The van der Waals surface area contributed by atoms with E-state index in [1.165, 1.54) is 0 Å². The number of aliphatic hydroxyl groups excluding tert-OH is 1. The van der Waals surface area contributed by atoms with Gasteiger partial charge in [-0.1, -0.05) is 6.92 Å². The lowest BCUT2D eigenvalue weighted by atomic mass is 9.56. The van der Waals surface area contributed by atoms with Gasteiger partial charge in [0.05, 0.1) is 11.0 Å². The van der Waals surface area contributed by atoms with Crippen molar-refractivity contribution >= 4 is 23.5 Å². The number of rotatable bonds is 1. The fourth-order valence-electron chi connectivity index (χ4n) is 6.58. The van der Waals surface area contributed by atoms with Crippen LogP contribution in [-0.2, 0) is 28.7 Å². The van der Waals surface area contributed by atoms with Gasteiger partial charge in [0, 0.05) is 68.8 Å². The molecule has 39 heavy (non-hydrogen) atoms. The van der Waals surface area contributed by atoms with E-state index in [-0.39, 0.29) is 24.1 Å².